The van der Waals surface area contributed by atoms with Crippen molar-refractivity contribution >= 4 is 33.5 Å². The number of benzene rings is 1. The van der Waals surface area contributed by atoms with Crippen molar-refractivity contribution in [3.8, 4) is 0 Å². The maximum Gasteiger partial charge on any atom is 0.161 e. The zero-order valence-corrected chi connectivity index (χ0v) is 12.7. The lowest BCUT2D eigenvalue weighted by atomic mass is 9.97. The Morgan fingerprint density at radius 3 is 3.00 bits per heavy atom. The predicted molar refractivity (Wildman–Crippen MR) is 88.6 cm³/mol. The fraction of sp³-hybridized carbons (Fsp3) is 0.375. The number of hydrogen-bond acceptors (Lipinski definition) is 4. The highest BCUT2D eigenvalue weighted by Gasteiger charge is 2.26. The molecular weight excluding hydrogens is 266 g/mol. The molecule has 0 amide bonds. The molecular formula is C16H19N3S. The lowest BCUT2D eigenvalue weighted by Crippen LogP contribution is -2.29. The average molecular weight is 285 g/mol. The van der Waals surface area contributed by atoms with Crippen LogP contribution in [0.15, 0.2) is 41.5 Å². The van der Waals surface area contributed by atoms with Crippen LogP contribution in [0.3, 0.4) is 0 Å². The number of anilines is 1. The molecule has 104 valence electrons. The van der Waals surface area contributed by atoms with Crippen LogP contribution >= 0.6 is 11.8 Å². The van der Waals surface area contributed by atoms with Gasteiger partial charge in [0.1, 0.15) is 0 Å². The summed E-state index contributed by atoms with van der Waals surface area (Å²) in [5, 5.41) is 5.63. The van der Waals surface area contributed by atoms with Gasteiger partial charge in [0.25, 0.3) is 0 Å². The minimum absolute atomic E-state index is 0.0750. The van der Waals surface area contributed by atoms with Crippen molar-refractivity contribution in [3.63, 3.8) is 0 Å². The number of nitrogens with one attached hydrogen (secondary N) is 1. The molecule has 1 N–H and O–H groups in total. The fourth-order valence-corrected chi connectivity index (χ4v) is 3.54. The van der Waals surface area contributed by atoms with E-state index in [0.717, 1.165) is 40.4 Å². The van der Waals surface area contributed by atoms with Gasteiger partial charge in [-0.2, -0.15) is 0 Å². The molecule has 1 atom stereocenters. The van der Waals surface area contributed by atoms with Gasteiger partial charge in [-0.05, 0) is 31.9 Å². The Balaban J connectivity index is 1.94. The van der Waals surface area contributed by atoms with Crippen LogP contribution < -0.4 is 5.32 Å². The van der Waals surface area contributed by atoms with E-state index in [0.29, 0.717) is 0 Å². The van der Waals surface area contributed by atoms with Crippen LogP contribution in [0.25, 0.3) is 10.9 Å². The maximum absolute atomic E-state index is 4.88. The Morgan fingerprint density at radius 1 is 1.30 bits per heavy atom. The molecule has 3 rings (SSSR count). The Hall–Kier alpha value is -1.55. The number of thioether (sulfide) groups is 1. The van der Waals surface area contributed by atoms with Gasteiger partial charge in [0.05, 0.1) is 16.7 Å². The fourth-order valence-electron chi connectivity index (χ4n) is 2.34. The number of nitrogens with zero attached hydrogens (tertiary/aromatic N) is 2. The van der Waals surface area contributed by atoms with Gasteiger partial charge in [0.15, 0.2) is 5.17 Å². The summed E-state index contributed by atoms with van der Waals surface area (Å²) in [6, 6.07) is 10.3. The molecule has 0 bridgehead atoms. The minimum atomic E-state index is 0.0750. The molecule has 1 unspecified atom stereocenters. The lowest BCUT2D eigenvalue weighted by Gasteiger charge is -2.29. The third-order valence-electron chi connectivity index (χ3n) is 3.89. The quantitative estimate of drug-likeness (QED) is 0.893. The molecule has 4 heteroatoms. The Morgan fingerprint density at radius 2 is 2.15 bits per heavy atom. The molecule has 2 aromatic rings. The van der Waals surface area contributed by atoms with Gasteiger partial charge < -0.3 is 5.32 Å². The van der Waals surface area contributed by atoms with Crippen molar-refractivity contribution in [1.29, 1.82) is 0 Å². The highest BCUT2D eigenvalue weighted by Crippen LogP contribution is 2.30. The van der Waals surface area contributed by atoms with Crippen molar-refractivity contribution in [2.45, 2.75) is 32.2 Å². The summed E-state index contributed by atoms with van der Waals surface area (Å²) in [4.78, 5) is 9.35. The van der Waals surface area contributed by atoms with E-state index in [-0.39, 0.29) is 5.54 Å². The first-order valence-corrected chi connectivity index (χ1v) is 8.02. The molecule has 0 radical (unpaired) electrons. The molecule has 0 fully saturated rings. The molecule has 1 aliphatic heterocycles. The second kappa shape index (κ2) is 5.44. The molecule has 0 spiro atoms. The SMILES string of the molecule is CCC1(C)CCSC(Nc2cccc3cccnc23)=N1. The second-order valence-corrected chi connectivity index (χ2v) is 6.46. The number of aromatic nitrogens is 1. The highest BCUT2D eigenvalue weighted by molar-refractivity contribution is 8.14. The van der Waals surface area contributed by atoms with Gasteiger partial charge in [0, 0.05) is 17.3 Å². The van der Waals surface area contributed by atoms with Crippen LogP contribution in [-0.4, -0.2) is 21.4 Å². The number of hydrogen-bond donors (Lipinski definition) is 1. The van der Waals surface area contributed by atoms with Gasteiger partial charge in [0.2, 0.25) is 0 Å². The Bertz CT molecular complexity index is 648. The molecule has 0 saturated heterocycles. The smallest absolute Gasteiger partial charge is 0.161 e. The molecule has 2 heterocycles. The van der Waals surface area contributed by atoms with Crippen molar-refractivity contribution < 1.29 is 0 Å². The zero-order chi connectivity index (χ0) is 14.0. The average Bonchev–Trinajstić information content (AvgIpc) is 2.48. The van der Waals surface area contributed by atoms with E-state index in [2.05, 4.69) is 48.4 Å². The van der Waals surface area contributed by atoms with Crippen molar-refractivity contribution in [2.75, 3.05) is 11.1 Å². The summed E-state index contributed by atoms with van der Waals surface area (Å²) in [5.74, 6) is 1.12. The van der Waals surface area contributed by atoms with E-state index in [1.165, 1.54) is 0 Å². The van der Waals surface area contributed by atoms with Gasteiger partial charge in [-0.3, -0.25) is 9.98 Å². The summed E-state index contributed by atoms with van der Waals surface area (Å²) < 4.78 is 0. The largest absolute Gasteiger partial charge is 0.333 e. The van der Waals surface area contributed by atoms with Gasteiger partial charge in [-0.1, -0.05) is 36.9 Å². The van der Waals surface area contributed by atoms with Crippen LogP contribution in [0.1, 0.15) is 26.7 Å². The summed E-state index contributed by atoms with van der Waals surface area (Å²) in [5.41, 5.74) is 2.11. The summed E-state index contributed by atoms with van der Waals surface area (Å²) in [7, 11) is 0. The van der Waals surface area contributed by atoms with Crippen LogP contribution in [0.5, 0.6) is 0 Å². The topological polar surface area (TPSA) is 37.3 Å². The first-order valence-electron chi connectivity index (χ1n) is 7.04. The van der Waals surface area contributed by atoms with Crippen LogP contribution in [0.4, 0.5) is 5.69 Å². The number of para-hydroxylation sites is 1. The monoisotopic (exact) mass is 285 g/mol. The highest BCUT2D eigenvalue weighted by atomic mass is 32.2. The third-order valence-corrected chi connectivity index (χ3v) is 4.76. The Labute approximate surface area is 123 Å². The Kier molecular flexibility index (Phi) is 3.66. The van der Waals surface area contributed by atoms with E-state index in [1.54, 1.807) is 11.8 Å². The molecule has 20 heavy (non-hydrogen) atoms. The van der Waals surface area contributed by atoms with Gasteiger partial charge >= 0.3 is 0 Å². The minimum Gasteiger partial charge on any atom is -0.333 e. The molecule has 1 aromatic carbocycles. The number of amidine groups is 1. The first kappa shape index (κ1) is 13.4. The van der Waals surface area contributed by atoms with E-state index >= 15 is 0 Å². The zero-order valence-electron chi connectivity index (χ0n) is 11.9. The van der Waals surface area contributed by atoms with E-state index in [9.17, 15) is 0 Å². The van der Waals surface area contributed by atoms with E-state index in [4.69, 9.17) is 4.99 Å². The van der Waals surface area contributed by atoms with Gasteiger partial charge in [-0.25, -0.2) is 0 Å². The van der Waals surface area contributed by atoms with Crippen molar-refractivity contribution in [2.24, 2.45) is 4.99 Å². The number of fused-ring (bicyclic) bond motifs is 1. The van der Waals surface area contributed by atoms with E-state index in [1.807, 2.05) is 12.3 Å². The second-order valence-electron chi connectivity index (χ2n) is 5.37. The standard InChI is InChI=1S/C16H19N3S/c1-3-16(2)9-11-20-15(19-16)18-13-8-4-6-12-7-5-10-17-14(12)13/h4-8,10H,3,9,11H2,1-2H3,(H,18,19). The molecule has 3 nitrogen and oxygen atoms in total. The molecule has 0 saturated carbocycles. The van der Waals surface area contributed by atoms with Crippen LogP contribution in [-0.2, 0) is 0 Å². The first-order chi connectivity index (χ1) is 9.70. The van der Waals surface area contributed by atoms with Crippen molar-refractivity contribution in [3.05, 3.63) is 36.5 Å². The van der Waals surface area contributed by atoms with Crippen molar-refractivity contribution in [1.82, 2.24) is 4.98 Å². The number of aliphatic imine (C=N–C) groups is 1. The summed E-state index contributed by atoms with van der Waals surface area (Å²) in [6.07, 6.45) is 4.05. The predicted octanol–water partition coefficient (Wildman–Crippen LogP) is 4.31. The van der Waals surface area contributed by atoms with Crippen LogP contribution in [0, 0.1) is 0 Å². The molecule has 1 aromatic heterocycles. The summed E-state index contributed by atoms with van der Waals surface area (Å²) >= 11 is 1.80. The van der Waals surface area contributed by atoms with Gasteiger partial charge in [-0.15, -0.1) is 0 Å². The lowest BCUT2D eigenvalue weighted by molar-refractivity contribution is 0.443. The number of pyridine rings is 1. The molecule has 0 aliphatic carbocycles. The third kappa shape index (κ3) is 2.66. The number of rotatable bonds is 2. The van der Waals surface area contributed by atoms with E-state index < -0.39 is 0 Å². The van der Waals surface area contributed by atoms with Crippen LogP contribution in [0.2, 0.25) is 0 Å². The molecule has 1 aliphatic rings. The maximum atomic E-state index is 4.88. The summed E-state index contributed by atoms with van der Waals surface area (Å²) in [6.45, 7) is 4.44. The normalized spacial score (nSPS) is 22.6.